The van der Waals surface area contributed by atoms with Crippen LogP contribution in [-0.2, 0) is 24.9 Å². The zero-order chi connectivity index (χ0) is 27.9. The zero-order valence-electron chi connectivity index (χ0n) is 24.7. The summed E-state index contributed by atoms with van der Waals surface area (Å²) in [6.45, 7) is 17.0. The van der Waals surface area contributed by atoms with E-state index in [2.05, 4.69) is 55.6 Å². The first-order chi connectivity index (χ1) is 18.0. The van der Waals surface area contributed by atoms with Crippen LogP contribution in [0.5, 0.6) is 0 Å². The van der Waals surface area contributed by atoms with Gasteiger partial charge < -0.3 is 10.1 Å². The number of fused-ring (bicyclic) bond motifs is 3. The Balaban J connectivity index is 0.000000217. The second-order valence-electron chi connectivity index (χ2n) is 11.8. The van der Waals surface area contributed by atoms with E-state index in [1.807, 2.05) is 53.8 Å². The van der Waals surface area contributed by atoms with Crippen molar-refractivity contribution in [3.8, 4) is 0 Å². The summed E-state index contributed by atoms with van der Waals surface area (Å²) in [4.78, 5) is 16.9. The molecular weight excluding hydrogens is 675 g/mol. The van der Waals surface area contributed by atoms with Crippen molar-refractivity contribution in [3.05, 3.63) is 66.6 Å². The molecule has 1 aliphatic heterocycles. The molecule has 1 radical (unpaired) electrons. The van der Waals surface area contributed by atoms with Crippen LogP contribution >= 0.6 is 0 Å². The summed E-state index contributed by atoms with van der Waals surface area (Å²) in [6, 6.07) is 18.7. The molecule has 3 nitrogen and oxygen atoms in total. The summed E-state index contributed by atoms with van der Waals surface area (Å²) >= 11 is 0. The van der Waals surface area contributed by atoms with Gasteiger partial charge in [-0.3, -0.25) is 4.79 Å². The van der Waals surface area contributed by atoms with E-state index in [0.717, 1.165) is 36.6 Å². The number of nitrogens with zero attached hydrogens (tertiary/aromatic N) is 1. The van der Waals surface area contributed by atoms with Gasteiger partial charge in [-0.15, -0.1) is 29.7 Å². The Morgan fingerprint density at radius 1 is 0.897 bits per heavy atom. The molecule has 39 heavy (non-hydrogen) atoms. The van der Waals surface area contributed by atoms with Crippen LogP contribution in [0.1, 0.15) is 67.2 Å². The van der Waals surface area contributed by atoms with Crippen LogP contribution in [0.15, 0.2) is 60.5 Å². The van der Waals surface area contributed by atoms with Crippen molar-refractivity contribution < 1.29 is 30.0 Å². The summed E-state index contributed by atoms with van der Waals surface area (Å²) in [6.07, 6.45) is 6.73. The number of allylic oxidation sites excluding steroid dienone is 2. The number of hydrogen-bond acceptors (Lipinski definition) is 3. The first kappa shape index (κ1) is 31.2. The largest absolute Gasteiger partial charge is 0.512 e. The first-order valence-corrected chi connectivity index (χ1v) is 17.1. The van der Waals surface area contributed by atoms with Crippen LogP contribution < -0.4 is 10.4 Å². The number of carbonyl (C=O) groups is 1. The van der Waals surface area contributed by atoms with Crippen LogP contribution in [0.2, 0.25) is 13.1 Å². The van der Waals surface area contributed by atoms with Crippen molar-refractivity contribution in [3.63, 3.8) is 0 Å². The fraction of sp³-hybridized carbons (Fsp3) is 0.412. The summed E-state index contributed by atoms with van der Waals surface area (Å²) in [5.41, 5.74) is 0.523. The molecule has 1 aliphatic rings. The summed E-state index contributed by atoms with van der Waals surface area (Å²) in [5.74, 6) is 0.286. The molecule has 0 spiro atoms. The summed E-state index contributed by atoms with van der Waals surface area (Å²) in [7, 11) is -1.60. The number of pyridine rings is 1. The fourth-order valence-electron chi connectivity index (χ4n) is 5.68. The molecule has 4 aromatic rings. The van der Waals surface area contributed by atoms with Crippen LogP contribution in [0, 0.1) is 16.9 Å². The standard InChI is InChI=1S/C19H14NSi.C15H28O2.Ir/c1-21(2)15-9-5-8-13-12-6-3-4-7-14(12)19-18(17(13)15)16(21)10-11-20-19;1-7-14(5,8-2)12(16)11-13(17)15(6,9-3)10-4;/h3-6,8-11H,1-2H3;11,16H,7-10H2,1-6H3;/q-1;;/b;12-11-;. The molecule has 0 bridgehead atoms. The van der Waals surface area contributed by atoms with Crippen LogP contribution in [-0.4, -0.2) is 23.9 Å². The van der Waals surface area contributed by atoms with Crippen molar-refractivity contribution >= 4 is 56.7 Å². The third-order valence-electron chi connectivity index (χ3n) is 9.60. The van der Waals surface area contributed by atoms with Crippen LogP contribution in [0.25, 0.3) is 32.4 Å². The van der Waals surface area contributed by atoms with Crippen molar-refractivity contribution in [1.29, 1.82) is 0 Å². The number of aromatic nitrogens is 1. The van der Waals surface area contributed by atoms with Gasteiger partial charge in [0, 0.05) is 43.2 Å². The molecule has 3 aromatic carbocycles. The van der Waals surface area contributed by atoms with Crippen molar-refractivity contribution in [1.82, 2.24) is 4.98 Å². The second-order valence-corrected chi connectivity index (χ2v) is 16.2. The van der Waals surface area contributed by atoms with E-state index in [-0.39, 0.29) is 42.5 Å². The molecule has 1 aromatic heterocycles. The Hall–Kier alpha value is -2.33. The number of ketones is 1. The van der Waals surface area contributed by atoms with Crippen molar-refractivity contribution in [2.24, 2.45) is 10.8 Å². The molecule has 5 heteroatoms. The van der Waals surface area contributed by atoms with Crippen LogP contribution in [0.3, 0.4) is 0 Å². The Labute approximate surface area is 248 Å². The van der Waals surface area contributed by atoms with Gasteiger partial charge in [-0.25, -0.2) is 0 Å². The van der Waals surface area contributed by atoms with Gasteiger partial charge in [-0.1, -0.05) is 88.8 Å². The topological polar surface area (TPSA) is 50.2 Å². The van der Waals surface area contributed by atoms with Gasteiger partial charge in [0.25, 0.3) is 0 Å². The predicted molar refractivity (Wildman–Crippen MR) is 165 cm³/mol. The van der Waals surface area contributed by atoms with Gasteiger partial charge in [0.1, 0.15) is 13.8 Å². The molecule has 0 atom stereocenters. The molecule has 0 amide bonds. The first-order valence-electron chi connectivity index (χ1n) is 14.1. The van der Waals surface area contributed by atoms with E-state index in [1.54, 1.807) is 5.19 Å². The van der Waals surface area contributed by atoms with Gasteiger partial charge in [-0.05, 0) is 53.2 Å². The Morgan fingerprint density at radius 2 is 1.49 bits per heavy atom. The minimum atomic E-state index is -1.60. The maximum absolute atomic E-state index is 12.2. The maximum atomic E-state index is 12.2. The van der Waals surface area contributed by atoms with Gasteiger partial charge in [0.2, 0.25) is 0 Å². The Kier molecular flexibility index (Phi) is 9.32. The number of carbonyl (C=O) groups excluding carboxylic acids is 1. The molecule has 0 aliphatic carbocycles. The quantitative estimate of drug-likeness (QED) is 0.0692. The molecular formula is C34H42IrNO2Si-. The van der Waals surface area contributed by atoms with Crippen LogP contribution in [0.4, 0.5) is 0 Å². The van der Waals surface area contributed by atoms with Gasteiger partial charge in [0.05, 0.1) is 0 Å². The average molecular weight is 717 g/mol. The number of aliphatic hydroxyl groups is 1. The van der Waals surface area contributed by atoms with Crippen molar-refractivity contribution in [2.45, 2.75) is 80.3 Å². The van der Waals surface area contributed by atoms with E-state index >= 15 is 0 Å². The zero-order valence-corrected chi connectivity index (χ0v) is 28.1. The van der Waals surface area contributed by atoms with Crippen molar-refractivity contribution in [2.75, 3.05) is 0 Å². The summed E-state index contributed by atoms with van der Waals surface area (Å²) in [5, 5.41) is 19.8. The molecule has 1 N–H and O–H groups in total. The van der Waals surface area contributed by atoms with Gasteiger partial charge in [-0.2, -0.15) is 0 Å². The molecule has 0 saturated carbocycles. The monoisotopic (exact) mass is 717 g/mol. The molecule has 209 valence electrons. The Bertz CT molecular complexity index is 1460. The number of benzene rings is 3. The third kappa shape index (κ3) is 5.14. The third-order valence-corrected chi connectivity index (χ3v) is 13.1. The molecule has 0 saturated heterocycles. The SMILES string of the molecule is CCC(C)(CC)C(=O)/C=C(\O)C(C)(CC)CC.C[Si]1(C)c2cccc3c4ccc[c-]c4c4nccc1c4c23.[Ir]. The number of aliphatic hydroxyl groups excluding tert-OH is 1. The van der Waals surface area contributed by atoms with E-state index in [4.69, 9.17) is 4.98 Å². The van der Waals surface area contributed by atoms with E-state index in [9.17, 15) is 9.90 Å². The summed E-state index contributed by atoms with van der Waals surface area (Å²) < 4.78 is 0. The molecule has 0 unspecified atom stereocenters. The molecule has 2 heterocycles. The van der Waals surface area contributed by atoms with E-state index in [0.29, 0.717) is 0 Å². The fourth-order valence-corrected chi connectivity index (χ4v) is 8.73. The molecule has 0 fully saturated rings. The Morgan fingerprint density at radius 3 is 2.10 bits per heavy atom. The minimum Gasteiger partial charge on any atom is -0.512 e. The smallest absolute Gasteiger partial charge is 0.164 e. The second kappa shape index (κ2) is 11.6. The van der Waals surface area contributed by atoms with Gasteiger partial charge >= 0.3 is 0 Å². The maximum Gasteiger partial charge on any atom is 0.164 e. The normalized spacial score (nSPS) is 14.4. The molecule has 5 rings (SSSR count). The number of hydrogen-bond donors (Lipinski definition) is 1. The van der Waals surface area contributed by atoms with E-state index in [1.165, 1.54) is 32.8 Å². The predicted octanol–water partition coefficient (Wildman–Crippen LogP) is 8.12. The number of rotatable bonds is 7. The minimum absolute atomic E-state index is 0. The van der Waals surface area contributed by atoms with Gasteiger partial charge in [0.15, 0.2) is 5.78 Å². The van der Waals surface area contributed by atoms with E-state index < -0.39 is 8.07 Å². The average Bonchev–Trinajstić information content (AvgIpc) is 3.19.